The molecule has 96 valence electrons. The third-order valence-electron chi connectivity index (χ3n) is 4.01. The largest absolute Gasteiger partial charge is 0.334 e. The van der Waals surface area contributed by atoms with E-state index in [9.17, 15) is 0 Å². The van der Waals surface area contributed by atoms with E-state index in [0.717, 1.165) is 25.2 Å². The molecule has 1 aromatic heterocycles. The lowest BCUT2D eigenvalue weighted by molar-refractivity contribution is 0.468. The lowest BCUT2D eigenvalue weighted by Gasteiger charge is -2.13. The highest BCUT2D eigenvalue weighted by Gasteiger charge is 2.40. The minimum absolute atomic E-state index is 0.398. The lowest BCUT2D eigenvalue weighted by Crippen LogP contribution is -2.29. The van der Waals surface area contributed by atoms with Crippen molar-refractivity contribution < 1.29 is 0 Å². The quantitative estimate of drug-likeness (QED) is 0.836. The van der Waals surface area contributed by atoms with E-state index in [1.54, 1.807) is 0 Å². The van der Waals surface area contributed by atoms with Crippen molar-refractivity contribution in [3.05, 3.63) is 30.1 Å². The molecule has 0 spiro atoms. The highest BCUT2D eigenvalue weighted by Crippen LogP contribution is 2.43. The molecule has 1 saturated carbocycles. The highest BCUT2D eigenvalue weighted by atomic mass is 15.0. The fourth-order valence-corrected chi connectivity index (χ4v) is 2.39. The number of rotatable bonds is 5. The van der Waals surface area contributed by atoms with Crippen LogP contribution in [0.3, 0.4) is 0 Å². The van der Waals surface area contributed by atoms with E-state index in [2.05, 4.69) is 28.5 Å². The van der Waals surface area contributed by atoms with Crippen LogP contribution in [0.1, 0.15) is 18.4 Å². The van der Waals surface area contributed by atoms with Crippen molar-refractivity contribution in [2.45, 2.75) is 19.4 Å². The van der Waals surface area contributed by atoms with Crippen LogP contribution in [0, 0.1) is 5.41 Å². The zero-order valence-corrected chi connectivity index (χ0v) is 10.8. The summed E-state index contributed by atoms with van der Waals surface area (Å²) in [5, 5.41) is 3.51. The second-order valence-corrected chi connectivity index (χ2v) is 5.49. The summed E-state index contributed by atoms with van der Waals surface area (Å²) in [6.45, 7) is 2.73. The zero-order chi connectivity index (χ0) is 12.6. The van der Waals surface area contributed by atoms with E-state index in [4.69, 9.17) is 5.73 Å². The lowest BCUT2D eigenvalue weighted by atomic mass is 10.1. The summed E-state index contributed by atoms with van der Waals surface area (Å²) in [4.78, 5) is 4.38. The predicted octanol–water partition coefficient (Wildman–Crippen LogP) is 1.40. The van der Waals surface area contributed by atoms with Gasteiger partial charge in [0, 0.05) is 20.1 Å². The van der Waals surface area contributed by atoms with Gasteiger partial charge in [0.2, 0.25) is 0 Å². The van der Waals surface area contributed by atoms with Gasteiger partial charge in [-0.3, -0.25) is 0 Å². The van der Waals surface area contributed by atoms with Crippen LogP contribution in [-0.4, -0.2) is 22.6 Å². The third kappa shape index (κ3) is 2.13. The average molecular weight is 244 g/mol. The molecule has 0 radical (unpaired) electrons. The maximum atomic E-state index is 5.77. The normalized spacial score (nSPS) is 17.2. The van der Waals surface area contributed by atoms with Crippen molar-refractivity contribution in [1.82, 2.24) is 14.9 Å². The van der Waals surface area contributed by atoms with E-state index in [0.29, 0.717) is 5.41 Å². The Kier molecular flexibility index (Phi) is 2.84. The molecule has 3 N–H and O–H groups in total. The highest BCUT2D eigenvalue weighted by molar-refractivity contribution is 5.75. The first-order valence-corrected chi connectivity index (χ1v) is 6.53. The van der Waals surface area contributed by atoms with Gasteiger partial charge in [0.05, 0.1) is 17.4 Å². The fraction of sp³-hybridized carbons (Fsp3) is 0.500. The Labute approximate surface area is 107 Å². The van der Waals surface area contributed by atoms with Crippen molar-refractivity contribution in [1.29, 1.82) is 0 Å². The molecule has 0 saturated heterocycles. The monoisotopic (exact) mass is 244 g/mol. The second-order valence-electron chi connectivity index (χ2n) is 5.49. The minimum atomic E-state index is 0.398. The number of fused-ring (bicyclic) bond motifs is 1. The summed E-state index contributed by atoms with van der Waals surface area (Å²) in [6.07, 6.45) is 4.40. The Morgan fingerprint density at radius 1 is 1.44 bits per heavy atom. The van der Waals surface area contributed by atoms with Gasteiger partial charge in [-0.25, -0.2) is 4.98 Å². The van der Waals surface area contributed by atoms with Crippen molar-refractivity contribution >= 4 is 11.0 Å². The number of aryl methyl sites for hydroxylation is 1. The average Bonchev–Trinajstić information content (AvgIpc) is 3.08. The van der Waals surface area contributed by atoms with Crippen LogP contribution < -0.4 is 11.1 Å². The number of hydrogen-bond acceptors (Lipinski definition) is 3. The van der Waals surface area contributed by atoms with Crippen molar-refractivity contribution in [3.8, 4) is 0 Å². The van der Waals surface area contributed by atoms with E-state index in [-0.39, 0.29) is 0 Å². The molecule has 0 aliphatic heterocycles. The van der Waals surface area contributed by atoms with E-state index >= 15 is 0 Å². The first-order valence-electron chi connectivity index (χ1n) is 6.53. The Morgan fingerprint density at radius 2 is 2.28 bits per heavy atom. The number of hydrogen-bond donors (Lipinski definition) is 2. The molecule has 1 aliphatic carbocycles. The Hall–Kier alpha value is -1.39. The summed E-state index contributed by atoms with van der Waals surface area (Å²) in [5.74, 6) is 0. The molecular formula is C14H20N4. The van der Waals surface area contributed by atoms with Gasteiger partial charge in [-0.15, -0.1) is 0 Å². The molecule has 1 fully saturated rings. The maximum Gasteiger partial charge on any atom is 0.0955 e. The molecule has 0 bridgehead atoms. The van der Waals surface area contributed by atoms with E-state index in [1.165, 1.54) is 23.9 Å². The van der Waals surface area contributed by atoms with Crippen molar-refractivity contribution in [2.75, 3.05) is 13.1 Å². The van der Waals surface area contributed by atoms with Gasteiger partial charge in [0.1, 0.15) is 0 Å². The Balaban J connectivity index is 1.64. The third-order valence-corrected chi connectivity index (χ3v) is 4.01. The van der Waals surface area contributed by atoms with Gasteiger partial charge >= 0.3 is 0 Å². The topological polar surface area (TPSA) is 55.9 Å². The van der Waals surface area contributed by atoms with Crippen LogP contribution in [0.5, 0.6) is 0 Å². The van der Waals surface area contributed by atoms with Crippen LogP contribution in [0.15, 0.2) is 24.5 Å². The molecule has 4 nitrogen and oxygen atoms in total. The number of nitrogens with one attached hydrogen (secondary N) is 1. The molecule has 2 aromatic rings. The van der Waals surface area contributed by atoms with Crippen LogP contribution >= 0.6 is 0 Å². The van der Waals surface area contributed by atoms with Crippen LogP contribution in [0.25, 0.3) is 11.0 Å². The maximum absolute atomic E-state index is 5.77. The summed E-state index contributed by atoms with van der Waals surface area (Å²) in [7, 11) is 2.02. The number of nitrogens with zero attached hydrogens (tertiary/aromatic N) is 2. The SMILES string of the molecule is Cn1cnc2cc(CNCC3(CN)CC3)ccc21. The molecule has 1 heterocycles. The molecular weight excluding hydrogens is 224 g/mol. The number of imidazole rings is 1. The van der Waals surface area contributed by atoms with Gasteiger partial charge in [0.15, 0.2) is 0 Å². The standard InChI is InChI=1S/C14H20N4/c1-18-10-17-12-6-11(2-3-13(12)18)7-16-9-14(8-15)4-5-14/h2-3,6,10,16H,4-5,7-9,15H2,1H3. The number of aromatic nitrogens is 2. The first kappa shape index (κ1) is 11.7. The molecule has 0 unspecified atom stereocenters. The smallest absolute Gasteiger partial charge is 0.0955 e. The van der Waals surface area contributed by atoms with Crippen molar-refractivity contribution in [3.63, 3.8) is 0 Å². The van der Waals surface area contributed by atoms with Crippen LogP contribution in [0.2, 0.25) is 0 Å². The fourth-order valence-electron chi connectivity index (χ4n) is 2.39. The van der Waals surface area contributed by atoms with Crippen LogP contribution in [0.4, 0.5) is 0 Å². The molecule has 1 aromatic carbocycles. The molecule has 4 heteroatoms. The first-order chi connectivity index (χ1) is 8.72. The Morgan fingerprint density at radius 3 is 3.00 bits per heavy atom. The number of benzene rings is 1. The molecule has 3 rings (SSSR count). The van der Waals surface area contributed by atoms with E-state index < -0.39 is 0 Å². The molecule has 18 heavy (non-hydrogen) atoms. The summed E-state index contributed by atoms with van der Waals surface area (Å²) in [5.41, 5.74) is 9.70. The van der Waals surface area contributed by atoms with Gasteiger partial charge in [-0.2, -0.15) is 0 Å². The molecule has 0 atom stereocenters. The minimum Gasteiger partial charge on any atom is -0.334 e. The van der Waals surface area contributed by atoms with Gasteiger partial charge in [-0.1, -0.05) is 6.07 Å². The second kappa shape index (κ2) is 4.37. The summed E-state index contributed by atoms with van der Waals surface area (Å²) in [6, 6.07) is 6.46. The van der Waals surface area contributed by atoms with Gasteiger partial charge < -0.3 is 15.6 Å². The van der Waals surface area contributed by atoms with Crippen LogP contribution in [-0.2, 0) is 13.6 Å². The molecule has 0 amide bonds. The Bertz CT molecular complexity index is 554. The predicted molar refractivity (Wildman–Crippen MR) is 73.1 cm³/mol. The van der Waals surface area contributed by atoms with Gasteiger partial charge in [0.25, 0.3) is 0 Å². The zero-order valence-electron chi connectivity index (χ0n) is 10.8. The summed E-state index contributed by atoms with van der Waals surface area (Å²) >= 11 is 0. The molecule has 1 aliphatic rings. The van der Waals surface area contributed by atoms with Gasteiger partial charge in [-0.05, 0) is 42.5 Å². The van der Waals surface area contributed by atoms with Crippen molar-refractivity contribution in [2.24, 2.45) is 18.2 Å². The summed E-state index contributed by atoms with van der Waals surface area (Å²) < 4.78 is 2.04. The van der Waals surface area contributed by atoms with E-state index in [1.807, 2.05) is 17.9 Å². The number of nitrogens with two attached hydrogens (primary N) is 1.